The summed E-state index contributed by atoms with van der Waals surface area (Å²) in [6, 6.07) is 8.34. The van der Waals surface area contributed by atoms with Gasteiger partial charge in [0.1, 0.15) is 0 Å². The van der Waals surface area contributed by atoms with Gasteiger partial charge in [0.05, 0.1) is 18.0 Å². The third-order valence-corrected chi connectivity index (χ3v) is 4.48. The summed E-state index contributed by atoms with van der Waals surface area (Å²) in [4.78, 5) is 14.1. The van der Waals surface area contributed by atoms with Gasteiger partial charge in [-0.15, -0.1) is 11.8 Å². The highest BCUT2D eigenvalue weighted by Crippen LogP contribution is 2.17. The highest BCUT2D eigenvalue weighted by Gasteiger charge is 2.25. The number of carbonyl (C=O) groups is 1. The molecule has 0 aliphatic carbocycles. The quantitative estimate of drug-likeness (QED) is 0.855. The second kappa shape index (κ2) is 7.14. The standard InChI is InChI=1S/C16H23NO2S/c1-12-6-4-5-7-15(12)10-20-11-16(18)17-8-13(2)19-14(3)9-17/h4-7,13-14H,8-11H2,1-3H3. The molecule has 1 amide bonds. The van der Waals surface area contributed by atoms with Crippen molar-refractivity contribution in [3.05, 3.63) is 35.4 Å². The summed E-state index contributed by atoms with van der Waals surface area (Å²) in [5.74, 6) is 1.67. The summed E-state index contributed by atoms with van der Waals surface area (Å²) in [6.07, 6.45) is 0.285. The number of ether oxygens (including phenoxy) is 1. The SMILES string of the molecule is Cc1ccccc1CSCC(=O)N1CC(C)OC(C)C1. The number of benzene rings is 1. The summed E-state index contributed by atoms with van der Waals surface area (Å²) < 4.78 is 5.66. The maximum absolute atomic E-state index is 12.2. The lowest BCUT2D eigenvalue weighted by molar-refractivity contribution is -0.140. The van der Waals surface area contributed by atoms with Crippen molar-refractivity contribution < 1.29 is 9.53 Å². The third-order valence-electron chi connectivity index (χ3n) is 3.52. The number of rotatable bonds is 4. The molecule has 1 fully saturated rings. The number of nitrogens with zero attached hydrogens (tertiary/aromatic N) is 1. The van der Waals surface area contributed by atoms with Gasteiger partial charge in [0.2, 0.25) is 5.91 Å². The van der Waals surface area contributed by atoms with Crippen LogP contribution in [0.2, 0.25) is 0 Å². The van der Waals surface area contributed by atoms with Gasteiger partial charge in [-0.05, 0) is 31.9 Å². The van der Waals surface area contributed by atoms with Crippen LogP contribution < -0.4 is 0 Å². The van der Waals surface area contributed by atoms with Crippen LogP contribution in [0, 0.1) is 6.92 Å². The summed E-state index contributed by atoms with van der Waals surface area (Å²) in [7, 11) is 0. The van der Waals surface area contributed by atoms with E-state index in [-0.39, 0.29) is 18.1 Å². The molecule has 110 valence electrons. The molecular weight excluding hydrogens is 270 g/mol. The minimum atomic E-state index is 0.143. The predicted octanol–water partition coefficient (Wildman–Crippen LogP) is 2.86. The van der Waals surface area contributed by atoms with E-state index in [0.29, 0.717) is 18.8 Å². The van der Waals surface area contributed by atoms with Crippen molar-refractivity contribution in [1.82, 2.24) is 4.90 Å². The van der Waals surface area contributed by atoms with Gasteiger partial charge in [0.15, 0.2) is 0 Å². The Morgan fingerprint density at radius 2 is 1.95 bits per heavy atom. The normalized spacial score (nSPS) is 22.9. The number of hydrogen-bond donors (Lipinski definition) is 0. The highest BCUT2D eigenvalue weighted by molar-refractivity contribution is 7.99. The summed E-state index contributed by atoms with van der Waals surface area (Å²) >= 11 is 1.69. The average molecular weight is 293 g/mol. The van der Waals surface area contributed by atoms with Crippen LogP contribution in [0.4, 0.5) is 0 Å². The summed E-state index contributed by atoms with van der Waals surface area (Å²) in [6.45, 7) is 7.60. The van der Waals surface area contributed by atoms with E-state index < -0.39 is 0 Å². The molecule has 0 saturated carbocycles. The maximum Gasteiger partial charge on any atom is 0.232 e. The largest absolute Gasteiger partial charge is 0.372 e. The number of thioether (sulfide) groups is 1. The lowest BCUT2D eigenvalue weighted by atomic mass is 10.1. The lowest BCUT2D eigenvalue weighted by Gasteiger charge is -2.35. The molecule has 0 radical (unpaired) electrons. The first-order valence-electron chi connectivity index (χ1n) is 7.11. The van der Waals surface area contributed by atoms with Gasteiger partial charge in [-0.2, -0.15) is 0 Å². The fraction of sp³-hybridized carbons (Fsp3) is 0.562. The lowest BCUT2D eigenvalue weighted by Crippen LogP contribution is -2.48. The molecule has 1 saturated heterocycles. The van der Waals surface area contributed by atoms with Crippen molar-refractivity contribution in [2.24, 2.45) is 0 Å². The first-order chi connectivity index (χ1) is 9.56. The minimum Gasteiger partial charge on any atom is -0.372 e. The molecule has 1 heterocycles. The van der Waals surface area contributed by atoms with Gasteiger partial charge in [0.25, 0.3) is 0 Å². The number of amides is 1. The average Bonchev–Trinajstić information content (AvgIpc) is 2.39. The number of carbonyl (C=O) groups excluding carboxylic acids is 1. The molecule has 3 nitrogen and oxygen atoms in total. The van der Waals surface area contributed by atoms with Crippen LogP contribution in [0.3, 0.4) is 0 Å². The van der Waals surface area contributed by atoms with Gasteiger partial charge >= 0.3 is 0 Å². The van der Waals surface area contributed by atoms with E-state index in [1.54, 1.807) is 11.8 Å². The predicted molar refractivity (Wildman–Crippen MR) is 83.9 cm³/mol. The Labute approximate surface area is 125 Å². The molecule has 0 bridgehead atoms. The van der Waals surface area contributed by atoms with Crippen LogP contribution in [-0.2, 0) is 15.3 Å². The van der Waals surface area contributed by atoms with Crippen LogP contribution in [0.25, 0.3) is 0 Å². The van der Waals surface area contributed by atoms with Gasteiger partial charge in [-0.3, -0.25) is 4.79 Å². The van der Waals surface area contributed by atoms with Gasteiger partial charge < -0.3 is 9.64 Å². The zero-order chi connectivity index (χ0) is 14.5. The molecular formula is C16H23NO2S. The number of aryl methyl sites for hydroxylation is 1. The summed E-state index contributed by atoms with van der Waals surface area (Å²) in [5, 5.41) is 0. The zero-order valence-electron chi connectivity index (χ0n) is 12.5. The Hall–Kier alpha value is -1.00. The molecule has 1 aliphatic rings. The van der Waals surface area contributed by atoms with E-state index in [4.69, 9.17) is 4.74 Å². The Bertz CT molecular complexity index is 454. The fourth-order valence-corrected chi connectivity index (χ4v) is 3.50. The van der Waals surface area contributed by atoms with Gasteiger partial charge in [-0.1, -0.05) is 24.3 Å². The third kappa shape index (κ3) is 4.25. The summed E-state index contributed by atoms with van der Waals surface area (Å²) in [5.41, 5.74) is 2.61. The van der Waals surface area contributed by atoms with Crippen LogP contribution >= 0.6 is 11.8 Å². The van der Waals surface area contributed by atoms with E-state index in [1.165, 1.54) is 11.1 Å². The Balaban J connectivity index is 1.79. The second-order valence-electron chi connectivity index (χ2n) is 5.48. The molecule has 0 aromatic heterocycles. The molecule has 2 rings (SSSR count). The highest BCUT2D eigenvalue weighted by atomic mass is 32.2. The molecule has 1 aromatic rings. The van der Waals surface area contributed by atoms with Crippen molar-refractivity contribution in [2.45, 2.75) is 38.7 Å². The van der Waals surface area contributed by atoms with Crippen molar-refractivity contribution in [1.29, 1.82) is 0 Å². The van der Waals surface area contributed by atoms with Crippen molar-refractivity contribution in [2.75, 3.05) is 18.8 Å². The number of morpholine rings is 1. The van der Waals surface area contributed by atoms with E-state index in [0.717, 1.165) is 5.75 Å². The molecule has 1 aliphatic heterocycles. The first kappa shape index (κ1) is 15.4. The molecule has 2 unspecified atom stereocenters. The monoisotopic (exact) mass is 293 g/mol. The Morgan fingerprint density at radius 3 is 2.60 bits per heavy atom. The number of hydrogen-bond acceptors (Lipinski definition) is 3. The van der Waals surface area contributed by atoms with Gasteiger partial charge in [0, 0.05) is 18.8 Å². The molecule has 20 heavy (non-hydrogen) atoms. The van der Waals surface area contributed by atoms with Crippen LogP contribution in [-0.4, -0.2) is 41.9 Å². The first-order valence-corrected chi connectivity index (χ1v) is 8.27. The van der Waals surface area contributed by atoms with E-state index >= 15 is 0 Å². The topological polar surface area (TPSA) is 29.5 Å². The Kier molecular flexibility index (Phi) is 5.49. The van der Waals surface area contributed by atoms with Gasteiger partial charge in [-0.25, -0.2) is 0 Å². The second-order valence-corrected chi connectivity index (χ2v) is 6.46. The van der Waals surface area contributed by atoms with E-state index in [9.17, 15) is 4.79 Å². The minimum absolute atomic E-state index is 0.143. The zero-order valence-corrected chi connectivity index (χ0v) is 13.3. The van der Waals surface area contributed by atoms with E-state index in [2.05, 4.69) is 25.1 Å². The molecule has 4 heteroatoms. The smallest absolute Gasteiger partial charge is 0.232 e. The Morgan fingerprint density at radius 1 is 1.30 bits per heavy atom. The van der Waals surface area contributed by atoms with Crippen molar-refractivity contribution >= 4 is 17.7 Å². The maximum atomic E-state index is 12.2. The van der Waals surface area contributed by atoms with Crippen molar-refractivity contribution in [3.63, 3.8) is 0 Å². The molecule has 0 spiro atoms. The molecule has 2 atom stereocenters. The van der Waals surface area contributed by atoms with Crippen molar-refractivity contribution in [3.8, 4) is 0 Å². The van der Waals surface area contributed by atoms with E-state index in [1.807, 2.05) is 24.8 Å². The molecule has 0 N–H and O–H groups in total. The van der Waals surface area contributed by atoms with Crippen LogP contribution in [0.15, 0.2) is 24.3 Å². The van der Waals surface area contributed by atoms with Crippen LogP contribution in [0.1, 0.15) is 25.0 Å². The van der Waals surface area contributed by atoms with Crippen LogP contribution in [0.5, 0.6) is 0 Å². The fourth-order valence-electron chi connectivity index (χ4n) is 2.49. The molecule has 1 aromatic carbocycles.